The molecule has 0 aliphatic carbocycles. The van der Waals surface area contributed by atoms with Crippen LogP contribution in [0.1, 0.15) is 25.8 Å². The predicted molar refractivity (Wildman–Crippen MR) is 130 cm³/mol. The summed E-state index contributed by atoms with van der Waals surface area (Å²) in [6.45, 7) is 10.4. The number of amides is 1. The number of fused-ring (bicyclic) bond motifs is 1. The first-order valence-electron chi connectivity index (χ1n) is 11.0. The van der Waals surface area contributed by atoms with Crippen molar-refractivity contribution in [2.24, 2.45) is 0 Å². The highest BCUT2D eigenvalue weighted by Gasteiger charge is 2.22. The molecular weight excluding hydrogens is 444 g/mol. The Labute approximate surface area is 194 Å². The fourth-order valence-corrected chi connectivity index (χ4v) is 6.15. The summed E-state index contributed by atoms with van der Waals surface area (Å²) in [5.74, 6) is -0.0991. The van der Waals surface area contributed by atoms with Crippen molar-refractivity contribution in [3.63, 3.8) is 0 Å². The van der Waals surface area contributed by atoms with Crippen molar-refractivity contribution in [3.05, 3.63) is 48.0 Å². The molecule has 0 spiro atoms. The van der Waals surface area contributed by atoms with Crippen LogP contribution >= 0.6 is 11.8 Å². The highest BCUT2D eigenvalue weighted by atomic mass is 32.2. The third kappa shape index (κ3) is 5.64. The van der Waals surface area contributed by atoms with E-state index in [1.165, 1.54) is 6.07 Å². The minimum Gasteiger partial charge on any atom is -0.325 e. The summed E-state index contributed by atoms with van der Waals surface area (Å²) in [5.41, 5.74) is 2.23. The third-order valence-electron chi connectivity index (χ3n) is 5.86. The molecule has 9 heteroatoms. The number of nitrogens with zero attached hydrogens (tertiary/aromatic N) is 2. The van der Waals surface area contributed by atoms with Gasteiger partial charge in [-0.15, -0.1) is 11.8 Å². The molecule has 32 heavy (non-hydrogen) atoms. The van der Waals surface area contributed by atoms with E-state index >= 15 is 0 Å². The van der Waals surface area contributed by atoms with E-state index in [0.717, 1.165) is 49.7 Å². The standard InChI is InChI=1S/C23H30N4O3S2/c1-3-26-10-12-27(13-11-26)16-18-4-6-19(7-5-18)25-32(29,30)20-8-9-22-21(15-20)24-23(28)14-17(2)31-22/h4-9,15,17,25H,3,10-14,16H2,1-2H3,(H,24,28)/t17-/m1/s1. The number of benzene rings is 2. The van der Waals surface area contributed by atoms with E-state index in [9.17, 15) is 13.2 Å². The molecule has 0 bridgehead atoms. The second-order valence-corrected chi connectivity index (χ2v) is 11.5. The Morgan fingerprint density at radius 2 is 1.75 bits per heavy atom. The third-order valence-corrected chi connectivity index (χ3v) is 8.42. The zero-order valence-corrected chi connectivity index (χ0v) is 20.1. The summed E-state index contributed by atoms with van der Waals surface area (Å²) in [6.07, 6.45) is 0.403. The lowest BCUT2D eigenvalue weighted by atomic mass is 10.2. The number of hydrogen-bond acceptors (Lipinski definition) is 6. The number of thioether (sulfide) groups is 1. The molecule has 2 aromatic carbocycles. The number of sulfonamides is 1. The summed E-state index contributed by atoms with van der Waals surface area (Å²) in [6, 6.07) is 12.4. The predicted octanol–water partition coefficient (Wildman–Crippen LogP) is 3.45. The molecule has 2 aliphatic rings. The Hall–Kier alpha value is -2.07. The minimum atomic E-state index is -3.77. The van der Waals surface area contributed by atoms with Gasteiger partial charge in [-0.2, -0.15) is 0 Å². The lowest BCUT2D eigenvalue weighted by Gasteiger charge is -2.34. The molecule has 0 saturated carbocycles. The van der Waals surface area contributed by atoms with Gasteiger partial charge in [-0.25, -0.2) is 8.42 Å². The number of hydrogen-bond donors (Lipinski definition) is 2. The molecule has 1 atom stereocenters. The van der Waals surface area contributed by atoms with Gasteiger partial charge in [0.25, 0.3) is 10.0 Å². The van der Waals surface area contributed by atoms with Gasteiger partial charge in [-0.05, 0) is 42.4 Å². The van der Waals surface area contributed by atoms with E-state index in [2.05, 4.69) is 26.8 Å². The van der Waals surface area contributed by atoms with Crippen LogP contribution in [0.4, 0.5) is 11.4 Å². The number of likely N-dealkylation sites (N-methyl/N-ethyl adjacent to an activating group) is 1. The average Bonchev–Trinajstić information content (AvgIpc) is 2.91. The molecule has 0 radical (unpaired) electrons. The van der Waals surface area contributed by atoms with Crippen molar-refractivity contribution in [2.45, 2.75) is 41.9 Å². The van der Waals surface area contributed by atoms with Crippen LogP contribution in [-0.4, -0.2) is 62.1 Å². The van der Waals surface area contributed by atoms with Gasteiger partial charge >= 0.3 is 0 Å². The highest BCUT2D eigenvalue weighted by Crippen LogP contribution is 2.36. The summed E-state index contributed by atoms with van der Waals surface area (Å²) >= 11 is 1.57. The van der Waals surface area contributed by atoms with E-state index in [1.807, 2.05) is 19.1 Å². The maximum Gasteiger partial charge on any atom is 0.261 e. The number of nitrogens with one attached hydrogen (secondary N) is 2. The molecule has 2 heterocycles. The molecule has 172 valence electrons. The quantitative estimate of drug-likeness (QED) is 0.668. The molecule has 2 N–H and O–H groups in total. The van der Waals surface area contributed by atoms with Gasteiger partial charge in [0.2, 0.25) is 5.91 Å². The summed E-state index contributed by atoms with van der Waals surface area (Å²) in [7, 11) is -3.77. The second kappa shape index (κ2) is 9.82. The molecule has 1 saturated heterocycles. The molecule has 7 nitrogen and oxygen atoms in total. The van der Waals surface area contributed by atoms with Crippen LogP contribution in [0.15, 0.2) is 52.3 Å². The van der Waals surface area contributed by atoms with Gasteiger partial charge in [0.05, 0.1) is 10.6 Å². The number of piperazine rings is 1. The SMILES string of the molecule is CCN1CCN(Cc2ccc(NS(=O)(=O)c3ccc4c(c3)NC(=O)C[C@@H](C)S4)cc2)CC1. The zero-order chi connectivity index (χ0) is 22.7. The maximum absolute atomic E-state index is 12.9. The summed E-state index contributed by atoms with van der Waals surface area (Å²) < 4.78 is 28.5. The van der Waals surface area contributed by atoms with Gasteiger partial charge in [-0.3, -0.25) is 14.4 Å². The number of rotatable bonds is 6. The van der Waals surface area contributed by atoms with Crippen LogP contribution in [0.3, 0.4) is 0 Å². The molecule has 4 rings (SSSR count). The Bertz CT molecular complexity index is 1070. The lowest BCUT2D eigenvalue weighted by Crippen LogP contribution is -2.45. The smallest absolute Gasteiger partial charge is 0.261 e. The fourth-order valence-electron chi connectivity index (χ4n) is 4.01. The highest BCUT2D eigenvalue weighted by molar-refractivity contribution is 8.00. The van der Waals surface area contributed by atoms with E-state index in [4.69, 9.17) is 0 Å². The maximum atomic E-state index is 12.9. The Balaban J connectivity index is 1.42. The van der Waals surface area contributed by atoms with E-state index in [-0.39, 0.29) is 16.1 Å². The average molecular weight is 475 g/mol. The number of carbonyl (C=O) groups is 1. The van der Waals surface area contributed by atoms with Crippen LogP contribution in [0, 0.1) is 0 Å². The van der Waals surface area contributed by atoms with Crippen molar-refractivity contribution >= 4 is 39.1 Å². The monoisotopic (exact) mass is 474 g/mol. The largest absolute Gasteiger partial charge is 0.325 e. The molecule has 0 unspecified atom stereocenters. The molecule has 0 aromatic heterocycles. The van der Waals surface area contributed by atoms with Crippen LogP contribution in [-0.2, 0) is 21.4 Å². The molecule has 2 aromatic rings. The molecule has 1 amide bonds. The van der Waals surface area contributed by atoms with E-state index < -0.39 is 10.0 Å². The van der Waals surface area contributed by atoms with E-state index in [1.54, 1.807) is 36.0 Å². The topological polar surface area (TPSA) is 81.8 Å². The van der Waals surface area contributed by atoms with Gasteiger partial charge in [0, 0.05) is 55.0 Å². The van der Waals surface area contributed by atoms with Crippen molar-refractivity contribution in [2.75, 3.05) is 42.8 Å². The summed E-state index contributed by atoms with van der Waals surface area (Å²) in [5, 5.41) is 2.97. The molecule has 2 aliphatic heterocycles. The van der Waals surface area contributed by atoms with Crippen LogP contribution in [0.5, 0.6) is 0 Å². The van der Waals surface area contributed by atoms with Crippen LogP contribution < -0.4 is 10.0 Å². The lowest BCUT2D eigenvalue weighted by molar-refractivity contribution is -0.116. The first kappa shape index (κ1) is 23.1. The number of carbonyl (C=O) groups excluding carboxylic acids is 1. The zero-order valence-electron chi connectivity index (χ0n) is 18.5. The van der Waals surface area contributed by atoms with Gasteiger partial charge in [0.1, 0.15) is 0 Å². The minimum absolute atomic E-state index is 0.0991. The normalized spacial score (nSPS) is 20.3. The van der Waals surface area contributed by atoms with Crippen LogP contribution in [0.2, 0.25) is 0 Å². The van der Waals surface area contributed by atoms with Crippen molar-refractivity contribution in [3.8, 4) is 0 Å². The van der Waals surface area contributed by atoms with E-state index in [0.29, 0.717) is 17.8 Å². The number of anilines is 2. The Morgan fingerprint density at radius 3 is 2.44 bits per heavy atom. The summed E-state index contributed by atoms with van der Waals surface area (Å²) in [4.78, 5) is 17.9. The van der Waals surface area contributed by atoms with Gasteiger partial charge in [-0.1, -0.05) is 26.0 Å². The first-order valence-corrected chi connectivity index (χ1v) is 13.4. The van der Waals surface area contributed by atoms with Gasteiger partial charge in [0.15, 0.2) is 0 Å². The fraction of sp³-hybridized carbons (Fsp3) is 0.435. The van der Waals surface area contributed by atoms with Crippen molar-refractivity contribution < 1.29 is 13.2 Å². The first-order chi connectivity index (χ1) is 15.3. The molecule has 1 fully saturated rings. The van der Waals surface area contributed by atoms with Crippen molar-refractivity contribution in [1.29, 1.82) is 0 Å². The Kier molecular flexibility index (Phi) is 7.09. The Morgan fingerprint density at radius 1 is 1.06 bits per heavy atom. The second-order valence-electron chi connectivity index (χ2n) is 8.35. The molecular formula is C23H30N4O3S2. The van der Waals surface area contributed by atoms with Crippen molar-refractivity contribution in [1.82, 2.24) is 9.80 Å². The van der Waals surface area contributed by atoms with Crippen LogP contribution in [0.25, 0.3) is 0 Å². The van der Waals surface area contributed by atoms with Gasteiger partial charge < -0.3 is 10.2 Å².